The molecule has 7 nitrogen and oxygen atoms in total. The molecule has 0 aliphatic carbocycles. The van der Waals surface area contributed by atoms with Gasteiger partial charge in [-0.15, -0.1) is 0 Å². The summed E-state index contributed by atoms with van der Waals surface area (Å²) in [5.74, 6) is -1.32. The van der Waals surface area contributed by atoms with Crippen LogP contribution in [0.2, 0.25) is 0 Å². The molecule has 2 aromatic carbocycles. The number of amides is 1. The summed E-state index contributed by atoms with van der Waals surface area (Å²) in [7, 11) is 0. The summed E-state index contributed by atoms with van der Waals surface area (Å²) < 4.78 is 1.82. The maximum absolute atomic E-state index is 13.1. The zero-order valence-corrected chi connectivity index (χ0v) is 19.1. The zero-order valence-electron chi connectivity index (χ0n) is 18.2. The van der Waals surface area contributed by atoms with Gasteiger partial charge >= 0.3 is 5.97 Å². The second-order valence-corrected chi connectivity index (χ2v) is 8.77. The van der Waals surface area contributed by atoms with Gasteiger partial charge in [-0.05, 0) is 29.0 Å². The Labute approximate surface area is 200 Å². The third kappa shape index (κ3) is 4.40. The van der Waals surface area contributed by atoms with Crippen LogP contribution in [0.25, 0.3) is 16.9 Å². The summed E-state index contributed by atoms with van der Waals surface area (Å²) in [5, 5.41) is 24.1. The van der Waals surface area contributed by atoms with Gasteiger partial charge in [-0.2, -0.15) is 21.5 Å². The average molecular weight is 471 g/mol. The Morgan fingerprint density at radius 1 is 0.971 bits per heavy atom. The summed E-state index contributed by atoms with van der Waals surface area (Å²) in [5.41, 5.74) is 5.27. The van der Waals surface area contributed by atoms with E-state index in [1.807, 2.05) is 88.4 Å². The van der Waals surface area contributed by atoms with Crippen LogP contribution in [-0.4, -0.2) is 37.5 Å². The van der Waals surface area contributed by atoms with Crippen LogP contribution in [0.3, 0.4) is 0 Å². The molecule has 1 atom stereocenters. The monoisotopic (exact) mass is 470 g/mol. The first-order chi connectivity index (χ1) is 16.6. The van der Waals surface area contributed by atoms with Crippen LogP contribution < -0.4 is 0 Å². The van der Waals surface area contributed by atoms with E-state index >= 15 is 0 Å². The molecule has 1 aliphatic rings. The van der Waals surface area contributed by atoms with Crippen molar-refractivity contribution in [1.29, 1.82) is 0 Å². The van der Waals surface area contributed by atoms with Gasteiger partial charge in [0, 0.05) is 35.7 Å². The van der Waals surface area contributed by atoms with Crippen molar-refractivity contribution in [3.8, 4) is 16.9 Å². The average Bonchev–Trinajstić information content (AvgIpc) is 3.62. The van der Waals surface area contributed by atoms with Gasteiger partial charge in [-0.3, -0.25) is 9.59 Å². The molecule has 34 heavy (non-hydrogen) atoms. The number of thiophene rings is 1. The molecule has 4 aromatic rings. The summed E-state index contributed by atoms with van der Waals surface area (Å²) in [6.07, 6.45) is 2.13. The van der Waals surface area contributed by atoms with Gasteiger partial charge in [0.25, 0.3) is 0 Å². The Kier molecular flexibility index (Phi) is 6.05. The van der Waals surface area contributed by atoms with Crippen molar-refractivity contribution in [2.24, 2.45) is 5.10 Å². The predicted molar refractivity (Wildman–Crippen MR) is 131 cm³/mol. The Bertz CT molecular complexity index is 1330. The van der Waals surface area contributed by atoms with Gasteiger partial charge < -0.3 is 5.11 Å². The number of aliphatic carboxylic acids is 1. The van der Waals surface area contributed by atoms with E-state index in [2.05, 4.69) is 5.10 Å². The SMILES string of the molecule is O=C(O)CCC(=O)N1N=C(c2ccsc2)C[C@H]1c1cn(-c2ccccc2)nc1-c1ccccc1. The van der Waals surface area contributed by atoms with Gasteiger partial charge in [0.15, 0.2) is 0 Å². The molecule has 2 aromatic heterocycles. The van der Waals surface area contributed by atoms with Crippen LogP contribution >= 0.6 is 11.3 Å². The van der Waals surface area contributed by atoms with Crippen molar-refractivity contribution < 1.29 is 14.7 Å². The van der Waals surface area contributed by atoms with Gasteiger partial charge in [0.05, 0.1) is 29.6 Å². The Hall–Kier alpha value is -4.04. The van der Waals surface area contributed by atoms with Crippen molar-refractivity contribution in [2.45, 2.75) is 25.3 Å². The van der Waals surface area contributed by atoms with Crippen molar-refractivity contribution in [2.75, 3.05) is 0 Å². The van der Waals surface area contributed by atoms with E-state index in [0.29, 0.717) is 6.42 Å². The lowest BCUT2D eigenvalue weighted by molar-refractivity contribution is -0.141. The quantitative estimate of drug-likeness (QED) is 0.405. The van der Waals surface area contributed by atoms with E-state index in [1.165, 1.54) is 5.01 Å². The molecule has 0 saturated heterocycles. The number of hydrogen-bond donors (Lipinski definition) is 1. The van der Waals surface area contributed by atoms with Crippen LogP contribution in [0.4, 0.5) is 0 Å². The minimum absolute atomic E-state index is 0.111. The largest absolute Gasteiger partial charge is 0.481 e. The Balaban J connectivity index is 1.59. The zero-order chi connectivity index (χ0) is 23.5. The Morgan fingerprint density at radius 3 is 2.38 bits per heavy atom. The van der Waals surface area contributed by atoms with Crippen LogP contribution in [-0.2, 0) is 9.59 Å². The van der Waals surface area contributed by atoms with Crippen LogP contribution in [0.1, 0.15) is 36.4 Å². The fraction of sp³-hybridized carbons (Fsp3) is 0.154. The molecule has 0 unspecified atom stereocenters. The highest BCUT2D eigenvalue weighted by atomic mass is 32.1. The second kappa shape index (κ2) is 9.44. The summed E-state index contributed by atoms with van der Waals surface area (Å²) in [4.78, 5) is 24.2. The summed E-state index contributed by atoms with van der Waals surface area (Å²) >= 11 is 1.57. The predicted octanol–water partition coefficient (Wildman–Crippen LogP) is 5.14. The van der Waals surface area contributed by atoms with Crippen LogP contribution in [0, 0.1) is 0 Å². The number of para-hydroxylation sites is 1. The number of carbonyl (C=O) groups excluding carboxylic acids is 1. The first-order valence-electron chi connectivity index (χ1n) is 10.9. The van der Waals surface area contributed by atoms with Gasteiger partial charge in [0.1, 0.15) is 0 Å². The third-order valence-electron chi connectivity index (χ3n) is 5.74. The molecule has 170 valence electrons. The molecular weight excluding hydrogens is 448 g/mol. The lowest BCUT2D eigenvalue weighted by Crippen LogP contribution is -2.27. The normalized spacial score (nSPS) is 15.4. The molecule has 5 rings (SSSR count). The van der Waals surface area contributed by atoms with E-state index in [4.69, 9.17) is 10.2 Å². The number of aromatic nitrogens is 2. The molecule has 0 bridgehead atoms. The number of carboxylic acids is 1. The molecular formula is C26H22N4O3S. The number of carboxylic acid groups (broad SMARTS) is 1. The molecule has 0 saturated carbocycles. The number of benzene rings is 2. The fourth-order valence-electron chi connectivity index (χ4n) is 4.08. The van der Waals surface area contributed by atoms with Crippen molar-refractivity contribution >= 4 is 28.9 Å². The molecule has 8 heteroatoms. The minimum Gasteiger partial charge on any atom is -0.481 e. The summed E-state index contributed by atoms with van der Waals surface area (Å²) in [6.45, 7) is 0. The molecule has 1 N–H and O–H groups in total. The van der Waals surface area contributed by atoms with Crippen molar-refractivity contribution in [1.82, 2.24) is 14.8 Å². The topological polar surface area (TPSA) is 87.8 Å². The van der Waals surface area contributed by atoms with Crippen molar-refractivity contribution in [3.05, 3.63) is 94.8 Å². The lowest BCUT2D eigenvalue weighted by atomic mass is 9.97. The van der Waals surface area contributed by atoms with E-state index in [1.54, 1.807) is 11.3 Å². The van der Waals surface area contributed by atoms with Crippen molar-refractivity contribution in [3.63, 3.8) is 0 Å². The lowest BCUT2D eigenvalue weighted by Gasteiger charge is -2.21. The van der Waals surface area contributed by atoms with Crippen LogP contribution in [0.15, 0.2) is 88.8 Å². The molecule has 0 fully saturated rings. The van der Waals surface area contributed by atoms with E-state index in [9.17, 15) is 9.59 Å². The third-order valence-corrected chi connectivity index (χ3v) is 6.43. The maximum Gasteiger partial charge on any atom is 0.303 e. The molecule has 1 amide bonds. The van der Waals surface area contributed by atoms with Crippen LogP contribution in [0.5, 0.6) is 0 Å². The highest BCUT2D eigenvalue weighted by molar-refractivity contribution is 7.08. The standard InChI is InChI=1S/C26H22N4O3S/c31-24(11-12-25(32)33)30-23(15-22(27-30)19-13-14-34-17-19)21-16-29(20-9-5-2-6-10-20)28-26(21)18-7-3-1-4-8-18/h1-10,13-14,16-17,23H,11-12,15H2,(H,32,33)/t23-/m0/s1. The first-order valence-corrected chi connectivity index (χ1v) is 11.9. The number of hydrazone groups is 1. The highest BCUT2D eigenvalue weighted by Crippen LogP contribution is 2.38. The minimum atomic E-state index is -1.01. The molecule has 1 aliphatic heterocycles. The first kappa shape index (κ1) is 21.8. The highest BCUT2D eigenvalue weighted by Gasteiger charge is 2.36. The smallest absolute Gasteiger partial charge is 0.303 e. The maximum atomic E-state index is 13.1. The number of carbonyl (C=O) groups is 2. The van der Waals surface area contributed by atoms with Gasteiger partial charge in [-0.1, -0.05) is 48.5 Å². The Morgan fingerprint density at radius 2 is 1.71 bits per heavy atom. The molecule has 3 heterocycles. The number of hydrogen-bond acceptors (Lipinski definition) is 5. The number of nitrogens with zero attached hydrogens (tertiary/aromatic N) is 4. The van der Waals surface area contributed by atoms with E-state index < -0.39 is 5.97 Å². The summed E-state index contributed by atoms with van der Waals surface area (Å²) in [6, 6.07) is 21.3. The second-order valence-electron chi connectivity index (χ2n) is 7.99. The molecule has 0 spiro atoms. The fourth-order valence-corrected chi connectivity index (χ4v) is 4.74. The molecule has 0 radical (unpaired) electrons. The van der Waals surface area contributed by atoms with Gasteiger partial charge in [-0.25, -0.2) is 9.69 Å². The number of rotatable bonds is 7. The van der Waals surface area contributed by atoms with Gasteiger partial charge in [0.2, 0.25) is 5.91 Å². The van der Waals surface area contributed by atoms with E-state index in [0.717, 1.165) is 33.8 Å². The van der Waals surface area contributed by atoms with E-state index in [-0.39, 0.29) is 24.8 Å².